The van der Waals surface area contributed by atoms with E-state index in [1.54, 1.807) is 6.92 Å². The standard InChI is InChI=1S/C30H32Cl2N2O/c1-21(35)33-20-30(17-22-9-3-2-4-10-22)18-23-15-16-24(19-30)34(23)29(25-11-5-7-13-27(25)31)26-12-6-8-14-28(26)32/h2-14,23-24,29H,15-20H2,1H3,(H,33,35)/t23-,24+,30?. The molecule has 0 aromatic heterocycles. The highest BCUT2D eigenvalue weighted by atomic mass is 35.5. The van der Waals surface area contributed by atoms with Crippen LogP contribution in [-0.2, 0) is 11.2 Å². The molecule has 2 fully saturated rings. The Morgan fingerprint density at radius 1 is 0.886 bits per heavy atom. The van der Waals surface area contributed by atoms with Crippen LogP contribution in [0.3, 0.4) is 0 Å². The van der Waals surface area contributed by atoms with Crippen molar-refractivity contribution in [2.75, 3.05) is 6.54 Å². The first-order valence-corrected chi connectivity index (χ1v) is 13.3. The van der Waals surface area contributed by atoms with Gasteiger partial charge in [-0.2, -0.15) is 0 Å². The summed E-state index contributed by atoms with van der Waals surface area (Å²) in [5.74, 6) is 0.0391. The minimum Gasteiger partial charge on any atom is -0.356 e. The fraction of sp³-hybridized carbons (Fsp3) is 0.367. The van der Waals surface area contributed by atoms with Crippen LogP contribution in [0.15, 0.2) is 78.9 Å². The van der Waals surface area contributed by atoms with Crippen LogP contribution in [0.5, 0.6) is 0 Å². The van der Waals surface area contributed by atoms with Crippen LogP contribution in [-0.4, -0.2) is 29.4 Å². The van der Waals surface area contributed by atoms with Crippen LogP contribution in [0.25, 0.3) is 0 Å². The average Bonchev–Trinajstić information content (AvgIpc) is 3.11. The van der Waals surface area contributed by atoms with E-state index in [0.717, 1.165) is 53.3 Å². The first-order valence-electron chi connectivity index (χ1n) is 12.5. The molecule has 1 amide bonds. The minimum absolute atomic E-state index is 0.00499. The number of carbonyl (C=O) groups is 1. The van der Waals surface area contributed by atoms with Gasteiger partial charge in [-0.3, -0.25) is 9.69 Å². The third-order valence-electron chi connectivity index (χ3n) is 7.85. The van der Waals surface area contributed by atoms with E-state index in [-0.39, 0.29) is 17.4 Å². The number of amides is 1. The number of hydrogen-bond donors (Lipinski definition) is 1. The molecule has 3 aromatic rings. The monoisotopic (exact) mass is 506 g/mol. The summed E-state index contributed by atoms with van der Waals surface area (Å²) in [4.78, 5) is 14.6. The number of nitrogens with one attached hydrogen (secondary N) is 1. The van der Waals surface area contributed by atoms with Gasteiger partial charge in [0.25, 0.3) is 0 Å². The van der Waals surface area contributed by atoms with Crippen molar-refractivity contribution >= 4 is 29.1 Å². The first-order chi connectivity index (χ1) is 17.0. The molecular weight excluding hydrogens is 475 g/mol. The maximum absolute atomic E-state index is 11.9. The summed E-state index contributed by atoms with van der Waals surface area (Å²) in [6.07, 6.45) is 5.32. The highest BCUT2D eigenvalue weighted by Crippen LogP contribution is 2.52. The number of fused-ring (bicyclic) bond motifs is 2. The number of hydrogen-bond acceptors (Lipinski definition) is 2. The lowest BCUT2D eigenvalue weighted by Crippen LogP contribution is -2.53. The van der Waals surface area contributed by atoms with Gasteiger partial charge in [-0.15, -0.1) is 0 Å². The lowest BCUT2D eigenvalue weighted by atomic mass is 9.70. The van der Waals surface area contributed by atoms with E-state index in [2.05, 4.69) is 64.8 Å². The van der Waals surface area contributed by atoms with Gasteiger partial charge in [-0.05, 0) is 66.3 Å². The summed E-state index contributed by atoms with van der Waals surface area (Å²) in [5.41, 5.74) is 3.58. The van der Waals surface area contributed by atoms with Gasteiger partial charge in [0, 0.05) is 35.6 Å². The van der Waals surface area contributed by atoms with Gasteiger partial charge in [0.1, 0.15) is 0 Å². The van der Waals surface area contributed by atoms with Gasteiger partial charge in [0.2, 0.25) is 5.91 Å². The third-order valence-corrected chi connectivity index (χ3v) is 8.53. The predicted molar refractivity (Wildman–Crippen MR) is 144 cm³/mol. The smallest absolute Gasteiger partial charge is 0.216 e. The molecule has 3 atom stereocenters. The van der Waals surface area contributed by atoms with Gasteiger partial charge in [0.15, 0.2) is 0 Å². The fourth-order valence-electron chi connectivity index (χ4n) is 6.48. The Bertz CT molecular complexity index is 1120. The highest BCUT2D eigenvalue weighted by Gasteiger charge is 2.51. The molecule has 2 heterocycles. The third kappa shape index (κ3) is 5.14. The maximum atomic E-state index is 11.9. The number of piperidine rings is 1. The van der Waals surface area contributed by atoms with Crippen LogP contribution in [0.4, 0.5) is 0 Å². The topological polar surface area (TPSA) is 32.3 Å². The molecule has 35 heavy (non-hydrogen) atoms. The van der Waals surface area contributed by atoms with Crippen LogP contribution < -0.4 is 5.32 Å². The lowest BCUT2D eigenvalue weighted by Gasteiger charge is -2.50. The molecule has 5 rings (SSSR count). The summed E-state index contributed by atoms with van der Waals surface area (Å²) < 4.78 is 0. The molecule has 2 aliphatic heterocycles. The Morgan fingerprint density at radius 2 is 1.40 bits per heavy atom. The van der Waals surface area contributed by atoms with Crippen molar-refractivity contribution in [3.63, 3.8) is 0 Å². The Morgan fingerprint density at radius 3 is 1.91 bits per heavy atom. The van der Waals surface area contributed by atoms with E-state index in [0.29, 0.717) is 18.6 Å². The molecule has 2 bridgehead atoms. The molecule has 0 spiro atoms. The van der Waals surface area contributed by atoms with Gasteiger partial charge >= 0.3 is 0 Å². The van der Waals surface area contributed by atoms with Crippen molar-refractivity contribution in [1.82, 2.24) is 10.2 Å². The second-order valence-electron chi connectivity index (χ2n) is 10.3. The zero-order valence-electron chi connectivity index (χ0n) is 20.1. The quantitative estimate of drug-likeness (QED) is 0.371. The Hall–Kier alpha value is -2.33. The zero-order valence-corrected chi connectivity index (χ0v) is 21.6. The van der Waals surface area contributed by atoms with Crippen molar-refractivity contribution in [3.8, 4) is 0 Å². The van der Waals surface area contributed by atoms with Crippen molar-refractivity contribution in [2.24, 2.45) is 5.41 Å². The normalized spacial score (nSPS) is 24.0. The van der Waals surface area contributed by atoms with Crippen LogP contribution >= 0.6 is 23.2 Å². The van der Waals surface area contributed by atoms with Crippen molar-refractivity contribution in [1.29, 1.82) is 0 Å². The summed E-state index contributed by atoms with van der Waals surface area (Å²) in [6, 6.07) is 27.8. The minimum atomic E-state index is 0.00499. The maximum Gasteiger partial charge on any atom is 0.216 e. The second kappa shape index (κ2) is 10.3. The van der Waals surface area contributed by atoms with Gasteiger partial charge < -0.3 is 5.32 Å². The molecule has 1 unspecified atom stereocenters. The van der Waals surface area contributed by atoms with Gasteiger partial charge in [0.05, 0.1) is 6.04 Å². The number of carbonyl (C=O) groups excluding carboxylic acids is 1. The van der Waals surface area contributed by atoms with E-state index in [9.17, 15) is 4.79 Å². The molecule has 3 nitrogen and oxygen atoms in total. The molecule has 1 N–H and O–H groups in total. The van der Waals surface area contributed by atoms with Crippen LogP contribution in [0.1, 0.15) is 55.3 Å². The molecule has 2 saturated heterocycles. The molecule has 0 radical (unpaired) electrons. The number of benzene rings is 3. The van der Waals surface area contributed by atoms with Gasteiger partial charge in [-0.25, -0.2) is 0 Å². The molecule has 3 aromatic carbocycles. The second-order valence-corrected chi connectivity index (χ2v) is 11.1. The molecule has 5 heteroatoms. The van der Waals surface area contributed by atoms with Crippen LogP contribution in [0.2, 0.25) is 10.0 Å². The number of rotatable bonds is 7. The summed E-state index contributed by atoms with van der Waals surface area (Å²) in [7, 11) is 0. The van der Waals surface area contributed by atoms with Crippen LogP contribution in [0, 0.1) is 5.41 Å². The summed E-state index contributed by atoms with van der Waals surface area (Å²) >= 11 is 13.6. The zero-order chi connectivity index (χ0) is 24.4. The van der Waals surface area contributed by atoms with E-state index in [1.165, 1.54) is 5.56 Å². The SMILES string of the molecule is CC(=O)NCC1(Cc2ccccc2)C[C@H]2CC[C@@H](C1)N2C(c1ccccc1Cl)c1ccccc1Cl. The molecule has 0 saturated carbocycles. The summed E-state index contributed by atoms with van der Waals surface area (Å²) in [5, 5.41) is 4.72. The molecule has 0 aliphatic carbocycles. The lowest BCUT2D eigenvalue weighted by molar-refractivity contribution is -0.119. The fourth-order valence-corrected chi connectivity index (χ4v) is 6.95. The van der Waals surface area contributed by atoms with E-state index >= 15 is 0 Å². The first kappa shape index (κ1) is 24.4. The van der Waals surface area contributed by atoms with Crippen molar-refractivity contribution in [2.45, 2.75) is 57.2 Å². The van der Waals surface area contributed by atoms with Crippen molar-refractivity contribution < 1.29 is 4.79 Å². The van der Waals surface area contributed by atoms with E-state index in [4.69, 9.17) is 23.2 Å². The van der Waals surface area contributed by atoms with E-state index in [1.807, 2.05) is 24.3 Å². The molecule has 182 valence electrons. The Kier molecular flexibility index (Phi) is 7.20. The Labute approximate surface area is 218 Å². The molecule has 2 aliphatic rings. The highest BCUT2D eigenvalue weighted by molar-refractivity contribution is 6.32. The largest absolute Gasteiger partial charge is 0.356 e. The van der Waals surface area contributed by atoms with Gasteiger partial charge in [-0.1, -0.05) is 89.9 Å². The molecular formula is C30H32Cl2N2O. The number of halogens is 2. The predicted octanol–water partition coefficient (Wildman–Crippen LogP) is 7.07. The Balaban J connectivity index is 1.52. The summed E-state index contributed by atoms with van der Waals surface area (Å²) in [6.45, 7) is 2.33. The number of nitrogens with zero attached hydrogens (tertiary/aromatic N) is 1. The average molecular weight is 508 g/mol. The van der Waals surface area contributed by atoms with Crippen molar-refractivity contribution in [3.05, 3.63) is 106 Å². The van der Waals surface area contributed by atoms with E-state index < -0.39 is 0 Å².